The van der Waals surface area contributed by atoms with Crippen LogP contribution in [0.5, 0.6) is 0 Å². The molecule has 0 radical (unpaired) electrons. The number of carbonyl (C=O) groups is 2. The molecule has 110 valence electrons. The Hall–Kier alpha value is -2.28. The summed E-state index contributed by atoms with van der Waals surface area (Å²) >= 11 is 1.32. The fourth-order valence-corrected chi connectivity index (χ4v) is 2.47. The minimum Gasteiger partial charge on any atom is -0.481 e. The van der Waals surface area contributed by atoms with Crippen LogP contribution >= 0.6 is 11.3 Å². The predicted octanol–water partition coefficient (Wildman–Crippen LogP) is 2.51. The summed E-state index contributed by atoms with van der Waals surface area (Å²) in [6.07, 6.45) is 1.24. The molecule has 21 heavy (non-hydrogen) atoms. The van der Waals surface area contributed by atoms with Gasteiger partial charge in [-0.25, -0.2) is 9.97 Å². The van der Waals surface area contributed by atoms with Gasteiger partial charge in [0.25, 0.3) is 5.91 Å². The third-order valence-corrected chi connectivity index (χ3v) is 3.52. The molecule has 6 nitrogen and oxygen atoms in total. The number of thiazole rings is 1. The molecule has 0 bridgehead atoms. The first-order valence-corrected chi connectivity index (χ1v) is 7.34. The second-order valence-electron chi connectivity index (χ2n) is 4.51. The number of aryl methyl sites for hydroxylation is 2. The highest BCUT2D eigenvalue weighted by molar-refractivity contribution is 7.13. The van der Waals surface area contributed by atoms with Crippen LogP contribution in [0.15, 0.2) is 23.6 Å². The average Bonchev–Trinajstić information content (AvgIpc) is 2.86. The van der Waals surface area contributed by atoms with Gasteiger partial charge >= 0.3 is 5.97 Å². The lowest BCUT2D eigenvalue weighted by Crippen LogP contribution is -2.13. The zero-order valence-electron chi connectivity index (χ0n) is 11.5. The minimum absolute atomic E-state index is 0.117. The largest absolute Gasteiger partial charge is 0.481 e. The van der Waals surface area contributed by atoms with Crippen LogP contribution in [0, 0.1) is 6.92 Å². The van der Waals surface area contributed by atoms with Crippen LogP contribution in [-0.2, 0) is 11.2 Å². The number of nitrogens with one attached hydrogen (secondary N) is 1. The lowest BCUT2D eigenvalue weighted by molar-refractivity contribution is -0.137. The number of anilines is 1. The molecule has 2 heterocycles. The summed E-state index contributed by atoms with van der Waals surface area (Å²) in [5, 5.41) is 13.6. The second kappa shape index (κ2) is 6.94. The number of hydrogen-bond acceptors (Lipinski definition) is 5. The van der Waals surface area contributed by atoms with E-state index >= 15 is 0 Å². The minimum atomic E-state index is -0.815. The molecule has 0 aliphatic carbocycles. The lowest BCUT2D eigenvalue weighted by atomic mass is 10.2. The SMILES string of the molecule is Cc1cccc(C(=O)Nc2nc(CCCC(=O)O)cs2)n1. The van der Waals surface area contributed by atoms with Gasteiger partial charge in [-0.05, 0) is 31.9 Å². The molecular formula is C14H15N3O3S. The fourth-order valence-electron chi connectivity index (χ4n) is 1.73. The van der Waals surface area contributed by atoms with Crippen molar-refractivity contribution in [3.05, 3.63) is 40.7 Å². The normalized spacial score (nSPS) is 10.3. The van der Waals surface area contributed by atoms with E-state index in [1.54, 1.807) is 12.1 Å². The van der Waals surface area contributed by atoms with Crippen molar-refractivity contribution in [2.45, 2.75) is 26.2 Å². The van der Waals surface area contributed by atoms with Crippen LogP contribution < -0.4 is 5.32 Å². The van der Waals surface area contributed by atoms with Gasteiger partial charge in [0.15, 0.2) is 5.13 Å². The molecule has 0 saturated carbocycles. The Balaban J connectivity index is 1.93. The van der Waals surface area contributed by atoms with Crippen molar-refractivity contribution >= 4 is 28.3 Å². The summed E-state index contributed by atoms with van der Waals surface area (Å²) in [4.78, 5) is 30.8. The van der Waals surface area contributed by atoms with E-state index < -0.39 is 5.97 Å². The van der Waals surface area contributed by atoms with Crippen molar-refractivity contribution < 1.29 is 14.7 Å². The first kappa shape index (κ1) is 15.1. The van der Waals surface area contributed by atoms with Gasteiger partial charge in [-0.2, -0.15) is 0 Å². The maximum absolute atomic E-state index is 12.0. The molecule has 0 unspecified atom stereocenters. The zero-order chi connectivity index (χ0) is 15.2. The van der Waals surface area contributed by atoms with E-state index in [4.69, 9.17) is 5.11 Å². The Kier molecular flexibility index (Phi) is 4.99. The molecule has 2 aromatic rings. The number of rotatable bonds is 6. The van der Waals surface area contributed by atoms with Gasteiger partial charge in [-0.3, -0.25) is 14.9 Å². The summed E-state index contributed by atoms with van der Waals surface area (Å²) in [6, 6.07) is 5.24. The summed E-state index contributed by atoms with van der Waals surface area (Å²) in [7, 11) is 0. The molecule has 0 aromatic carbocycles. The number of carboxylic acids is 1. The van der Waals surface area contributed by atoms with Crippen LogP contribution in [0.2, 0.25) is 0 Å². The van der Waals surface area contributed by atoms with E-state index in [0.717, 1.165) is 11.4 Å². The van der Waals surface area contributed by atoms with Gasteiger partial charge in [-0.1, -0.05) is 6.07 Å². The Labute approximate surface area is 125 Å². The molecular weight excluding hydrogens is 290 g/mol. The Morgan fingerprint density at radius 1 is 1.33 bits per heavy atom. The first-order chi connectivity index (χ1) is 10.0. The van der Waals surface area contributed by atoms with E-state index in [9.17, 15) is 9.59 Å². The molecule has 2 N–H and O–H groups in total. The highest BCUT2D eigenvalue weighted by Gasteiger charge is 2.10. The van der Waals surface area contributed by atoms with Crippen molar-refractivity contribution in [3.8, 4) is 0 Å². The first-order valence-electron chi connectivity index (χ1n) is 6.46. The standard InChI is InChI=1S/C14H15N3O3S/c1-9-4-2-6-11(15-9)13(20)17-14-16-10(8-21-14)5-3-7-12(18)19/h2,4,6,8H,3,5,7H2,1H3,(H,18,19)(H,16,17,20). The molecule has 0 aliphatic rings. The van der Waals surface area contributed by atoms with Gasteiger partial charge in [0.05, 0.1) is 5.69 Å². The van der Waals surface area contributed by atoms with Gasteiger partial charge < -0.3 is 5.11 Å². The van der Waals surface area contributed by atoms with Crippen molar-refractivity contribution in [1.29, 1.82) is 0 Å². The van der Waals surface area contributed by atoms with Crippen molar-refractivity contribution in [3.63, 3.8) is 0 Å². The number of hydrogen-bond donors (Lipinski definition) is 2. The third kappa shape index (κ3) is 4.64. The Morgan fingerprint density at radius 2 is 2.14 bits per heavy atom. The summed E-state index contributed by atoms with van der Waals surface area (Å²) in [6.45, 7) is 1.82. The van der Waals surface area contributed by atoms with Crippen LogP contribution in [0.4, 0.5) is 5.13 Å². The number of amides is 1. The lowest BCUT2D eigenvalue weighted by Gasteiger charge is -2.01. The Bertz CT molecular complexity index is 654. The number of pyridine rings is 1. The maximum Gasteiger partial charge on any atom is 0.303 e. The highest BCUT2D eigenvalue weighted by atomic mass is 32.1. The number of carbonyl (C=O) groups excluding carboxylic acids is 1. The molecule has 2 aromatic heterocycles. The number of aromatic nitrogens is 2. The molecule has 0 atom stereocenters. The van der Waals surface area contributed by atoms with Crippen LogP contribution in [0.3, 0.4) is 0 Å². The van der Waals surface area contributed by atoms with E-state index in [-0.39, 0.29) is 12.3 Å². The van der Waals surface area contributed by atoms with E-state index in [2.05, 4.69) is 15.3 Å². The van der Waals surface area contributed by atoms with Crippen LogP contribution in [-0.4, -0.2) is 27.0 Å². The smallest absolute Gasteiger partial charge is 0.303 e. The van der Waals surface area contributed by atoms with Crippen LogP contribution in [0.1, 0.15) is 34.7 Å². The Morgan fingerprint density at radius 3 is 2.86 bits per heavy atom. The molecule has 7 heteroatoms. The molecule has 1 amide bonds. The maximum atomic E-state index is 12.0. The summed E-state index contributed by atoms with van der Waals surface area (Å²) in [5.74, 6) is -1.12. The summed E-state index contributed by atoms with van der Waals surface area (Å²) < 4.78 is 0. The molecule has 0 saturated heterocycles. The average molecular weight is 305 g/mol. The quantitative estimate of drug-likeness (QED) is 0.855. The van der Waals surface area contributed by atoms with Gasteiger partial charge in [0.2, 0.25) is 0 Å². The predicted molar refractivity (Wildman–Crippen MR) is 79.6 cm³/mol. The van der Waals surface area contributed by atoms with E-state index in [1.807, 2.05) is 18.4 Å². The van der Waals surface area contributed by atoms with Crippen molar-refractivity contribution in [2.75, 3.05) is 5.32 Å². The van der Waals surface area contributed by atoms with Crippen molar-refractivity contribution in [1.82, 2.24) is 9.97 Å². The molecule has 0 aliphatic heterocycles. The van der Waals surface area contributed by atoms with Gasteiger partial charge in [0.1, 0.15) is 5.69 Å². The zero-order valence-corrected chi connectivity index (χ0v) is 12.3. The number of aliphatic carboxylic acids is 1. The second-order valence-corrected chi connectivity index (χ2v) is 5.37. The van der Waals surface area contributed by atoms with E-state index in [1.165, 1.54) is 11.3 Å². The number of nitrogens with zero attached hydrogens (tertiary/aromatic N) is 2. The third-order valence-electron chi connectivity index (χ3n) is 2.72. The topological polar surface area (TPSA) is 92.2 Å². The van der Waals surface area contributed by atoms with Crippen molar-refractivity contribution in [2.24, 2.45) is 0 Å². The fraction of sp³-hybridized carbons (Fsp3) is 0.286. The van der Waals surface area contributed by atoms with E-state index in [0.29, 0.717) is 23.7 Å². The summed E-state index contributed by atoms with van der Waals surface area (Å²) in [5.41, 5.74) is 1.91. The monoisotopic (exact) mass is 305 g/mol. The van der Waals surface area contributed by atoms with Gasteiger partial charge in [-0.15, -0.1) is 11.3 Å². The van der Waals surface area contributed by atoms with Gasteiger partial charge in [0, 0.05) is 17.5 Å². The highest BCUT2D eigenvalue weighted by Crippen LogP contribution is 2.17. The molecule has 0 fully saturated rings. The molecule has 0 spiro atoms. The molecule has 2 rings (SSSR count). The number of carboxylic acid groups (broad SMARTS) is 1. The van der Waals surface area contributed by atoms with Crippen LogP contribution in [0.25, 0.3) is 0 Å².